The van der Waals surface area contributed by atoms with E-state index < -0.39 is 0 Å². The van der Waals surface area contributed by atoms with E-state index in [0.717, 1.165) is 48.6 Å². The number of rotatable bonds is 4. The fourth-order valence-corrected chi connectivity index (χ4v) is 3.22. The third kappa shape index (κ3) is 3.57. The van der Waals surface area contributed by atoms with Gasteiger partial charge in [-0.15, -0.1) is 0 Å². The summed E-state index contributed by atoms with van der Waals surface area (Å²) in [6.07, 6.45) is 8.46. The van der Waals surface area contributed by atoms with Crippen molar-refractivity contribution in [3.05, 3.63) is 41.3 Å². The molecule has 0 aromatic carbocycles. The van der Waals surface area contributed by atoms with E-state index in [1.54, 1.807) is 12.4 Å². The molecule has 3 heterocycles. The molecule has 122 valence electrons. The van der Waals surface area contributed by atoms with Crippen molar-refractivity contribution in [3.63, 3.8) is 0 Å². The van der Waals surface area contributed by atoms with Gasteiger partial charge in [0, 0.05) is 49.6 Å². The summed E-state index contributed by atoms with van der Waals surface area (Å²) in [4.78, 5) is 23.0. The Kier molecular flexibility index (Phi) is 4.69. The first-order valence-electron chi connectivity index (χ1n) is 8.10. The van der Waals surface area contributed by atoms with Crippen LogP contribution in [-0.4, -0.2) is 39.0 Å². The van der Waals surface area contributed by atoms with Crippen molar-refractivity contribution in [2.45, 2.75) is 45.4 Å². The Morgan fingerprint density at radius 2 is 2.26 bits per heavy atom. The minimum atomic E-state index is 0.193. The van der Waals surface area contributed by atoms with E-state index in [1.807, 2.05) is 24.9 Å². The fraction of sp³-hybridized carbons (Fsp3) is 0.529. The molecule has 0 aliphatic carbocycles. The molecule has 1 amide bonds. The van der Waals surface area contributed by atoms with E-state index in [1.165, 1.54) is 0 Å². The second kappa shape index (κ2) is 6.89. The smallest absolute Gasteiger partial charge is 0.222 e. The van der Waals surface area contributed by atoms with E-state index in [9.17, 15) is 4.79 Å². The quantitative estimate of drug-likeness (QED) is 0.866. The topological polar surface area (TPSA) is 72.1 Å². The van der Waals surface area contributed by atoms with Crippen LogP contribution in [0.2, 0.25) is 0 Å². The molecule has 6 heteroatoms. The summed E-state index contributed by atoms with van der Waals surface area (Å²) < 4.78 is 5.16. The summed E-state index contributed by atoms with van der Waals surface area (Å²) in [5.41, 5.74) is 2.92. The molecule has 2 aromatic heterocycles. The van der Waals surface area contributed by atoms with Gasteiger partial charge in [0.1, 0.15) is 5.76 Å². The van der Waals surface area contributed by atoms with Gasteiger partial charge in [-0.2, -0.15) is 0 Å². The molecule has 6 nitrogen and oxygen atoms in total. The molecule has 0 spiro atoms. The second-order valence-corrected chi connectivity index (χ2v) is 6.11. The zero-order chi connectivity index (χ0) is 16.2. The van der Waals surface area contributed by atoms with Crippen LogP contribution in [0.3, 0.4) is 0 Å². The van der Waals surface area contributed by atoms with Crippen LogP contribution in [0.25, 0.3) is 0 Å². The molecule has 0 N–H and O–H groups in total. The first-order chi connectivity index (χ1) is 11.1. The van der Waals surface area contributed by atoms with Gasteiger partial charge in [-0.1, -0.05) is 5.16 Å². The lowest BCUT2D eigenvalue weighted by Crippen LogP contribution is -2.39. The highest BCUT2D eigenvalue weighted by Crippen LogP contribution is 2.25. The normalized spacial score (nSPS) is 18.2. The number of carbonyl (C=O) groups excluding carboxylic acids is 1. The number of amides is 1. The number of hydrogen-bond donors (Lipinski definition) is 0. The van der Waals surface area contributed by atoms with E-state index in [4.69, 9.17) is 4.52 Å². The van der Waals surface area contributed by atoms with Gasteiger partial charge < -0.3 is 9.42 Å². The van der Waals surface area contributed by atoms with Crippen LogP contribution in [-0.2, 0) is 11.2 Å². The lowest BCUT2D eigenvalue weighted by atomic mass is 9.94. The van der Waals surface area contributed by atoms with Crippen molar-refractivity contribution in [3.8, 4) is 0 Å². The summed E-state index contributed by atoms with van der Waals surface area (Å²) in [5.74, 6) is 1.30. The Morgan fingerprint density at radius 1 is 1.39 bits per heavy atom. The van der Waals surface area contributed by atoms with Gasteiger partial charge in [-0.05, 0) is 33.1 Å². The highest BCUT2D eigenvalue weighted by atomic mass is 16.5. The van der Waals surface area contributed by atoms with Gasteiger partial charge in [0.25, 0.3) is 0 Å². The van der Waals surface area contributed by atoms with Crippen LogP contribution in [0.15, 0.2) is 23.1 Å². The second-order valence-electron chi connectivity index (χ2n) is 6.11. The lowest BCUT2D eigenvalue weighted by molar-refractivity contribution is -0.132. The number of likely N-dealkylation sites (tertiary alicyclic amines) is 1. The molecule has 23 heavy (non-hydrogen) atoms. The third-order valence-electron chi connectivity index (χ3n) is 4.55. The van der Waals surface area contributed by atoms with E-state index >= 15 is 0 Å². The molecule has 0 radical (unpaired) electrons. The van der Waals surface area contributed by atoms with Crippen LogP contribution in [0.1, 0.15) is 47.9 Å². The minimum Gasteiger partial charge on any atom is -0.361 e. The van der Waals surface area contributed by atoms with Crippen LogP contribution < -0.4 is 0 Å². The number of nitrogens with zero attached hydrogens (tertiary/aromatic N) is 4. The number of aryl methyl sites for hydroxylation is 2. The van der Waals surface area contributed by atoms with E-state index in [-0.39, 0.29) is 5.91 Å². The fourth-order valence-electron chi connectivity index (χ4n) is 3.22. The number of hydrogen-bond acceptors (Lipinski definition) is 5. The number of aromatic nitrogens is 3. The van der Waals surface area contributed by atoms with Crippen LogP contribution in [0, 0.1) is 13.8 Å². The predicted octanol–water partition coefficient (Wildman–Crippen LogP) is 2.42. The summed E-state index contributed by atoms with van der Waals surface area (Å²) in [5, 5.41) is 3.94. The molecule has 0 saturated carbocycles. The molecular weight excluding hydrogens is 292 g/mol. The SMILES string of the molecule is Cc1noc(C)c1CCC(=O)N1CCC[C@H](c2cnccn2)C1. The van der Waals surface area contributed by atoms with Crippen molar-refractivity contribution >= 4 is 5.91 Å². The maximum Gasteiger partial charge on any atom is 0.222 e. The van der Waals surface area contributed by atoms with Gasteiger partial charge in [0.05, 0.1) is 11.4 Å². The van der Waals surface area contributed by atoms with Crippen LogP contribution in [0.5, 0.6) is 0 Å². The zero-order valence-electron chi connectivity index (χ0n) is 13.7. The van der Waals surface area contributed by atoms with Crippen molar-refractivity contribution in [1.82, 2.24) is 20.0 Å². The molecule has 1 aliphatic heterocycles. The largest absolute Gasteiger partial charge is 0.361 e. The molecule has 2 aromatic rings. The lowest BCUT2D eigenvalue weighted by Gasteiger charge is -2.32. The Hall–Kier alpha value is -2.24. The molecule has 3 rings (SSSR count). The molecule has 1 aliphatic rings. The highest BCUT2D eigenvalue weighted by molar-refractivity contribution is 5.76. The molecular formula is C17H22N4O2. The summed E-state index contributed by atoms with van der Waals surface area (Å²) in [6, 6.07) is 0. The number of carbonyl (C=O) groups is 1. The van der Waals surface area contributed by atoms with Crippen molar-refractivity contribution in [1.29, 1.82) is 0 Å². The Bertz CT molecular complexity index is 649. The molecule has 1 atom stereocenters. The average molecular weight is 314 g/mol. The first kappa shape index (κ1) is 15.6. The van der Waals surface area contributed by atoms with Crippen LogP contribution in [0.4, 0.5) is 0 Å². The van der Waals surface area contributed by atoms with Crippen molar-refractivity contribution in [2.75, 3.05) is 13.1 Å². The monoisotopic (exact) mass is 314 g/mol. The Labute approximate surface area is 135 Å². The Morgan fingerprint density at radius 3 is 2.96 bits per heavy atom. The molecule has 1 saturated heterocycles. The maximum atomic E-state index is 12.5. The minimum absolute atomic E-state index is 0.193. The molecule has 0 unspecified atom stereocenters. The summed E-state index contributed by atoms with van der Waals surface area (Å²) in [7, 11) is 0. The van der Waals surface area contributed by atoms with Gasteiger partial charge in [-0.25, -0.2) is 0 Å². The van der Waals surface area contributed by atoms with Crippen LogP contribution >= 0.6 is 0 Å². The molecule has 1 fully saturated rings. The van der Waals surface area contributed by atoms with Gasteiger partial charge in [0.2, 0.25) is 5.91 Å². The predicted molar refractivity (Wildman–Crippen MR) is 84.9 cm³/mol. The molecule has 0 bridgehead atoms. The number of piperidine rings is 1. The first-order valence-corrected chi connectivity index (χ1v) is 8.10. The third-order valence-corrected chi connectivity index (χ3v) is 4.55. The van der Waals surface area contributed by atoms with Crippen molar-refractivity contribution in [2.24, 2.45) is 0 Å². The Balaban J connectivity index is 1.59. The summed E-state index contributed by atoms with van der Waals surface area (Å²) >= 11 is 0. The average Bonchev–Trinajstić information content (AvgIpc) is 2.92. The zero-order valence-corrected chi connectivity index (χ0v) is 13.7. The van der Waals surface area contributed by atoms with Gasteiger partial charge in [-0.3, -0.25) is 14.8 Å². The highest BCUT2D eigenvalue weighted by Gasteiger charge is 2.25. The standard InChI is InChI=1S/C17H22N4O2/c1-12-15(13(2)23-20-12)5-6-17(22)21-9-3-4-14(11-21)16-10-18-7-8-19-16/h7-8,10,14H,3-6,9,11H2,1-2H3/t14-/m0/s1. The van der Waals surface area contributed by atoms with E-state index in [0.29, 0.717) is 18.8 Å². The van der Waals surface area contributed by atoms with E-state index in [2.05, 4.69) is 15.1 Å². The van der Waals surface area contributed by atoms with Gasteiger partial charge in [0.15, 0.2) is 0 Å². The maximum absolute atomic E-state index is 12.5. The summed E-state index contributed by atoms with van der Waals surface area (Å²) in [6.45, 7) is 5.38. The van der Waals surface area contributed by atoms with Crippen molar-refractivity contribution < 1.29 is 9.32 Å². The van der Waals surface area contributed by atoms with Gasteiger partial charge >= 0.3 is 0 Å².